The van der Waals surface area contributed by atoms with Gasteiger partial charge in [-0.15, -0.1) is 0 Å². The van der Waals surface area contributed by atoms with Gasteiger partial charge in [0.15, 0.2) is 11.6 Å². The molecule has 0 atom stereocenters. The van der Waals surface area contributed by atoms with Crippen molar-refractivity contribution in [3.63, 3.8) is 0 Å². The van der Waals surface area contributed by atoms with Crippen LogP contribution in [0.2, 0.25) is 0 Å². The Hall–Kier alpha value is -10.0. The van der Waals surface area contributed by atoms with Gasteiger partial charge in [0.1, 0.15) is 0 Å². The van der Waals surface area contributed by atoms with Gasteiger partial charge in [-0.1, -0.05) is 201 Å². The molecule has 0 radical (unpaired) electrons. The molecular weight excluding hydrogens is 901 g/mol. The number of hydrogen-bond acceptors (Lipinski definition) is 4. The SMILES string of the molecule is C=C/C=C\c1cc2c(cc1-c1ccccc1-c1cc3ccccc3n1-c1cccc(-c3cnc(-c4ccccc4)nc3-c3ccccc3)c1)c1ccccc1n2-c1cccc(-c2nccc(-c3ccccc3)n2)c1. The molecule has 0 saturated carbocycles. The summed E-state index contributed by atoms with van der Waals surface area (Å²) in [5.41, 5.74) is 18.6. The highest BCUT2D eigenvalue weighted by molar-refractivity contribution is 6.12. The van der Waals surface area contributed by atoms with Crippen LogP contribution in [0.4, 0.5) is 0 Å². The summed E-state index contributed by atoms with van der Waals surface area (Å²) in [6, 6.07) is 83.3. The normalized spacial score (nSPS) is 11.5. The van der Waals surface area contributed by atoms with Crippen LogP contribution < -0.4 is 0 Å². The Morgan fingerprint density at radius 1 is 0.392 bits per heavy atom. The van der Waals surface area contributed by atoms with Crippen molar-refractivity contribution in [3.05, 3.63) is 273 Å². The summed E-state index contributed by atoms with van der Waals surface area (Å²) in [7, 11) is 0. The van der Waals surface area contributed by atoms with Crippen molar-refractivity contribution in [1.82, 2.24) is 29.1 Å². The lowest BCUT2D eigenvalue weighted by molar-refractivity contribution is 1.13. The minimum absolute atomic E-state index is 0.676. The molecule has 9 aromatic carbocycles. The molecule has 0 unspecified atom stereocenters. The molecule has 4 heterocycles. The minimum atomic E-state index is 0.676. The number of aromatic nitrogens is 6. The molecule has 13 aromatic rings. The maximum absolute atomic E-state index is 5.22. The highest BCUT2D eigenvalue weighted by Gasteiger charge is 2.22. The van der Waals surface area contributed by atoms with Gasteiger partial charge in [-0.2, -0.15) is 0 Å². The molecule has 0 bridgehead atoms. The first-order chi connectivity index (χ1) is 36.7. The third-order valence-electron chi connectivity index (χ3n) is 13.8. The molecule has 0 aliphatic carbocycles. The van der Waals surface area contributed by atoms with Crippen LogP contribution in [0, 0.1) is 0 Å². The molecule has 4 aromatic heterocycles. The summed E-state index contributed by atoms with van der Waals surface area (Å²) in [6.07, 6.45) is 9.86. The van der Waals surface area contributed by atoms with Gasteiger partial charge < -0.3 is 9.13 Å². The van der Waals surface area contributed by atoms with Crippen LogP contribution in [-0.2, 0) is 0 Å². The summed E-state index contributed by atoms with van der Waals surface area (Å²) in [4.78, 5) is 19.9. The fraction of sp³-hybridized carbons (Fsp3) is 0. The van der Waals surface area contributed by atoms with E-state index in [2.05, 4.69) is 210 Å². The van der Waals surface area contributed by atoms with Gasteiger partial charge in [0.05, 0.1) is 33.6 Å². The van der Waals surface area contributed by atoms with Gasteiger partial charge in [0.2, 0.25) is 0 Å². The molecule has 0 aliphatic heterocycles. The maximum Gasteiger partial charge on any atom is 0.159 e. The molecule has 6 nitrogen and oxygen atoms in total. The highest BCUT2D eigenvalue weighted by atomic mass is 15.0. The quantitative estimate of drug-likeness (QED) is 0.121. The van der Waals surface area contributed by atoms with E-state index in [4.69, 9.17) is 19.9 Å². The van der Waals surface area contributed by atoms with E-state index in [-0.39, 0.29) is 0 Å². The molecule has 13 rings (SSSR count). The monoisotopic (exact) mass is 946 g/mol. The van der Waals surface area contributed by atoms with Crippen molar-refractivity contribution >= 4 is 38.8 Å². The largest absolute Gasteiger partial charge is 0.309 e. The molecule has 74 heavy (non-hydrogen) atoms. The fourth-order valence-electron chi connectivity index (χ4n) is 10.4. The number of fused-ring (bicyclic) bond motifs is 4. The number of benzene rings is 9. The lowest BCUT2D eigenvalue weighted by Crippen LogP contribution is -2.00. The Morgan fingerprint density at radius 3 is 1.80 bits per heavy atom. The lowest BCUT2D eigenvalue weighted by Gasteiger charge is -2.18. The smallest absolute Gasteiger partial charge is 0.159 e. The van der Waals surface area contributed by atoms with Crippen LogP contribution >= 0.6 is 0 Å². The van der Waals surface area contributed by atoms with E-state index in [0.29, 0.717) is 11.6 Å². The van der Waals surface area contributed by atoms with Crippen molar-refractivity contribution in [2.75, 3.05) is 0 Å². The van der Waals surface area contributed by atoms with E-state index < -0.39 is 0 Å². The third kappa shape index (κ3) is 7.97. The van der Waals surface area contributed by atoms with Gasteiger partial charge in [-0.25, -0.2) is 19.9 Å². The number of allylic oxidation sites excluding steroid dienone is 2. The maximum atomic E-state index is 5.22. The zero-order valence-corrected chi connectivity index (χ0v) is 40.3. The second-order valence-corrected chi connectivity index (χ2v) is 18.3. The van der Waals surface area contributed by atoms with Crippen LogP contribution in [0.5, 0.6) is 0 Å². The van der Waals surface area contributed by atoms with E-state index in [9.17, 15) is 0 Å². The van der Waals surface area contributed by atoms with Crippen LogP contribution in [-0.4, -0.2) is 29.1 Å². The van der Waals surface area contributed by atoms with Crippen molar-refractivity contribution in [2.24, 2.45) is 0 Å². The summed E-state index contributed by atoms with van der Waals surface area (Å²) < 4.78 is 4.76. The summed E-state index contributed by atoms with van der Waals surface area (Å²) in [5.74, 6) is 1.37. The molecule has 0 fully saturated rings. The number of rotatable bonds is 11. The van der Waals surface area contributed by atoms with E-state index in [1.54, 1.807) is 0 Å². The Labute approximate surface area is 429 Å². The molecule has 0 amide bonds. The van der Waals surface area contributed by atoms with Gasteiger partial charge in [0.25, 0.3) is 0 Å². The van der Waals surface area contributed by atoms with Gasteiger partial charge >= 0.3 is 0 Å². The van der Waals surface area contributed by atoms with E-state index in [1.807, 2.05) is 73.1 Å². The van der Waals surface area contributed by atoms with Gasteiger partial charge in [-0.05, 0) is 82.9 Å². The van der Waals surface area contributed by atoms with Crippen molar-refractivity contribution < 1.29 is 0 Å². The van der Waals surface area contributed by atoms with Crippen LogP contribution in [0.1, 0.15) is 5.56 Å². The van der Waals surface area contributed by atoms with Crippen LogP contribution in [0.15, 0.2) is 268 Å². The molecular formula is C68H46N6. The average Bonchev–Trinajstić information content (AvgIpc) is 4.04. The molecule has 0 saturated heterocycles. The molecule has 0 spiro atoms. The molecule has 348 valence electrons. The van der Waals surface area contributed by atoms with E-state index in [1.165, 1.54) is 0 Å². The van der Waals surface area contributed by atoms with Crippen LogP contribution in [0.25, 0.3) is 129 Å². The summed E-state index contributed by atoms with van der Waals surface area (Å²) in [6.45, 7) is 4.09. The Morgan fingerprint density at radius 2 is 1.01 bits per heavy atom. The number of para-hydroxylation sites is 2. The molecule has 0 N–H and O–H groups in total. The van der Waals surface area contributed by atoms with Crippen molar-refractivity contribution in [3.8, 4) is 90.2 Å². The zero-order valence-electron chi connectivity index (χ0n) is 40.3. The van der Waals surface area contributed by atoms with E-state index >= 15 is 0 Å². The van der Waals surface area contributed by atoms with E-state index in [0.717, 1.165) is 117 Å². The van der Waals surface area contributed by atoms with Crippen LogP contribution in [0.3, 0.4) is 0 Å². The zero-order chi connectivity index (χ0) is 49.4. The van der Waals surface area contributed by atoms with Gasteiger partial charge in [0, 0.05) is 73.3 Å². The van der Waals surface area contributed by atoms with Gasteiger partial charge in [-0.3, -0.25) is 0 Å². The minimum Gasteiger partial charge on any atom is -0.309 e. The average molecular weight is 947 g/mol. The number of nitrogens with zero attached hydrogens (tertiary/aromatic N) is 6. The number of hydrogen-bond donors (Lipinski definition) is 0. The summed E-state index contributed by atoms with van der Waals surface area (Å²) >= 11 is 0. The molecule has 0 aliphatic rings. The second kappa shape index (κ2) is 18.9. The molecule has 6 heteroatoms. The summed E-state index contributed by atoms with van der Waals surface area (Å²) in [5, 5.41) is 3.46. The Balaban J connectivity index is 0.967. The first-order valence-corrected chi connectivity index (χ1v) is 24.8. The predicted octanol–water partition coefficient (Wildman–Crippen LogP) is 17.2. The first kappa shape index (κ1) is 43.9. The van der Waals surface area contributed by atoms with Crippen molar-refractivity contribution in [1.29, 1.82) is 0 Å². The topological polar surface area (TPSA) is 61.4 Å². The predicted molar refractivity (Wildman–Crippen MR) is 306 cm³/mol. The lowest BCUT2D eigenvalue weighted by atomic mass is 9.92. The third-order valence-corrected chi connectivity index (χ3v) is 13.8. The Kier molecular flexibility index (Phi) is 11.2. The second-order valence-electron chi connectivity index (χ2n) is 18.3. The fourth-order valence-corrected chi connectivity index (χ4v) is 10.4. The first-order valence-electron chi connectivity index (χ1n) is 24.8. The Bertz CT molecular complexity index is 4260. The highest BCUT2D eigenvalue weighted by Crippen LogP contribution is 2.43. The van der Waals surface area contributed by atoms with Crippen molar-refractivity contribution in [2.45, 2.75) is 0 Å². The standard InChI is InChI=1S/C68H46N6/c1-2-3-21-50-42-65-59(57-35-16-18-37-63(57)74(65)54-32-20-30-52(41-54)68-69-39-38-61(71-68)46-22-7-4-8-23-46)44-58(50)55-33-14-15-34-56(55)64-43-51-28-13-17-36-62(51)73(64)53-31-19-29-49(40-53)60-45-70-67(48-26-11-6-12-27-48)72-66(60)47-24-9-5-10-25-47/h2-45H,1H2/b21-3-.